The largest absolute Gasteiger partial charge is 0.480 e. The smallest absolute Gasteiger partial charge is 0.326 e. The number of aliphatic hydroxyl groups is 1. The van der Waals surface area contributed by atoms with E-state index in [1.165, 1.54) is 0 Å². The normalized spacial score (nSPS) is 15.5. The average molecular weight is 280 g/mol. The molecule has 0 radical (unpaired) electrons. The second-order valence-electron chi connectivity index (χ2n) is 3.90. The first-order valence-corrected chi connectivity index (χ1v) is 7.20. The van der Waals surface area contributed by atoms with Gasteiger partial charge in [-0.05, 0) is 6.42 Å². The number of carbonyl (C=O) groups is 2. The van der Waals surface area contributed by atoms with Gasteiger partial charge in [-0.2, -0.15) is 0 Å². The first-order valence-electron chi connectivity index (χ1n) is 5.58. The van der Waals surface area contributed by atoms with E-state index in [1.54, 1.807) is 6.26 Å². The van der Waals surface area contributed by atoms with Crippen molar-refractivity contribution in [2.45, 2.75) is 31.1 Å². The quantitative estimate of drug-likeness (QED) is 0.468. The molecule has 0 aromatic heterocycles. The Bertz CT molecular complexity index is 311. The van der Waals surface area contributed by atoms with E-state index >= 15 is 0 Å². The molecule has 0 fully saturated rings. The molecule has 2 unspecified atom stereocenters. The van der Waals surface area contributed by atoms with Crippen LogP contribution in [0.4, 0.5) is 4.79 Å². The summed E-state index contributed by atoms with van der Waals surface area (Å²) in [6.07, 6.45) is 2.10. The van der Waals surface area contributed by atoms with Crippen molar-refractivity contribution in [2.24, 2.45) is 0 Å². The Hall–Kier alpha value is -1.15. The molecule has 7 nitrogen and oxygen atoms in total. The minimum atomic E-state index is -1.19. The van der Waals surface area contributed by atoms with E-state index in [0.29, 0.717) is 13.0 Å². The summed E-state index contributed by atoms with van der Waals surface area (Å²) in [4.78, 5) is 22.0. The number of carbonyl (C=O) groups excluding carboxylic acids is 1. The summed E-state index contributed by atoms with van der Waals surface area (Å²) >= 11 is 0. The lowest BCUT2D eigenvalue weighted by Gasteiger charge is -2.14. The minimum Gasteiger partial charge on any atom is -0.480 e. The van der Waals surface area contributed by atoms with Gasteiger partial charge in [0.25, 0.3) is 0 Å². The Balaban J connectivity index is 3.95. The highest BCUT2D eigenvalue weighted by Crippen LogP contribution is 1.97. The summed E-state index contributed by atoms with van der Waals surface area (Å²) in [5, 5.41) is 22.1. The molecular formula is C10H20N2O5S. The summed E-state index contributed by atoms with van der Waals surface area (Å²) in [6, 6.07) is -1.71. The fourth-order valence-electron chi connectivity index (χ4n) is 1.15. The Kier molecular flexibility index (Phi) is 8.30. The zero-order valence-electron chi connectivity index (χ0n) is 10.5. The predicted octanol–water partition coefficient (Wildman–Crippen LogP) is -0.722. The summed E-state index contributed by atoms with van der Waals surface area (Å²) in [7, 11) is -0.945. The van der Waals surface area contributed by atoms with Gasteiger partial charge in [-0.3, -0.25) is 4.21 Å². The van der Waals surface area contributed by atoms with Crippen LogP contribution >= 0.6 is 0 Å². The molecule has 0 aromatic rings. The van der Waals surface area contributed by atoms with Crippen molar-refractivity contribution >= 4 is 22.8 Å². The fourth-order valence-corrected chi connectivity index (χ4v) is 1.60. The highest BCUT2D eigenvalue weighted by Gasteiger charge is 2.18. The SMILES string of the molecule is CC(CCNC(=O)N[C@@H](CCO)C(=O)O)S(C)=O. The number of aliphatic carboxylic acids is 1. The Morgan fingerprint density at radius 2 is 1.94 bits per heavy atom. The van der Waals surface area contributed by atoms with Gasteiger partial charge in [-0.15, -0.1) is 0 Å². The van der Waals surface area contributed by atoms with E-state index in [4.69, 9.17) is 10.2 Å². The number of amides is 2. The molecule has 18 heavy (non-hydrogen) atoms. The van der Waals surface area contributed by atoms with Crippen LogP contribution in [0.15, 0.2) is 0 Å². The number of aliphatic hydroxyl groups excluding tert-OH is 1. The third-order valence-corrected chi connectivity index (χ3v) is 3.79. The van der Waals surface area contributed by atoms with Crippen molar-refractivity contribution in [3.63, 3.8) is 0 Å². The van der Waals surface area contributed by atoms with E-state index in [-0.39, 0.29) is 18.3 Å². The molecule has 4 N–H and O–H groups in total. The number of urea groups is 1. The fraction of sp³-hybridized carbons (Fsp3) is 0.800. The van der Waals surface area contributed by atoms with Crippen molar-refractivity contribution in [1.82, 2.24) is 10.6 Å². The van der Waals surface area contributed by atoms with Gasteiger partial charge in [0.05, 0.1) is 0 Å². The third kappa shape index (κ3) is 7.23. The molecule has 0 aliphatic heterocycles. The first kappa shape index (κ1) is 16.9. The van der Waals surface area contributed by atoms with E-state index in [9.17, 15) is 13.8 Å². The van der Waals surface area contributed by atoms with Crippen molar-refractivity contribution in [3.05, 3.63) is 0 Å². The summed E-state index contributed by atoms with van der Waals surface area (Å²) in [5.74, 6) is -1.19. The number of rotatable bonds is 8. The van der Waals surface area contributed by atoms with Gasteiger partial charge in [0.1, 0.15) is 6.04 Å². The molecule has 0 heterocycles. The Labute approximate surface area is 108 Å². The number of carboxylic acids is 1. The van der Waals surface area contributed by atoms with E-state index in [0.717, 1.165) is 0 Å². The predicted molar refractivity (Wildman–Crippen MR) is 67.8 cm³/mol. The van der Waals surface area contributed by atoms with Crippen molar-refractivity contribution in [3.8, 4) is 0 Å². The van der Waals surface area contributed by atoms with Crippen LogP contribution in [0.25, 0.3) is 0 Å². The van der Waals surface area contributed by atoms with Crippen molar-refractivity contribution in [2.75, 3.05) is 19.4 Å². The second kappa shape index (κ2) is 8.87. The van der Waals surface area contributed by atoms with Gasteiger partial charge in [0.15, 0.2) is 0 Å². The Morgan fingerprint density at radius 1 is 1.33 bits per heavy atom. The molecule has 0 rings (SSSR count). The van der Waals surface area contributed by atoms with Crippen LogP contribution in [0, 0.1) is 0 Å². The topological polar surface area (TPSA) is 116 Å². The van der Waals surface area contributed by atoms with Crippen LogP contribution in [0.5, 0.6) is 0 Å². The van der Waals surface area contributed by atoms with Gasteiger partial charge in [0.2, 0.25) is 0 Å². The number of carboxylic acid groups (broad SMARTS) is 1. The molecule has 0 bridgehead atoms. The zero-order valence-corrected chi connectivity index (χ0v) is 11.3. The molecule has 106 valence electrons. The molecule has 0 aliphatic carbocycles. The highest BCUT2D eigenvalue weighted by atomic mass is 32.2. The van der Waals surface area contributed by atoms with Crippen LogP contribution in [0.2, 0.25) is 0 Å². The van der Waals surface area contributed by atoms with Gasteiger partial charge < -0.3 is 20.8 Å². The van der Waals surface area contributed by atoms with Crippen LogP contribution in [-0.4, -0.2) is 57.1 Å². The van der Waals surface area contributed by atoms with Crippen LogP contribution < -0.4 is 10.6 Å². The lowest BCUT2D eigenvalue weighted by atomic mass is 10.2. The van der Waals surface area contributed by atoms with Crippen LogP contribution in [0.1, 0.15) is 19.8 Å². The molecule has 3 atom stereocenters. The maximum absolute atomic E-state index is 11.3. The first-order chi connectivity index (χ1) is 8.38. The number of nitrogens with one attached hydrogen (secondary N) is 2. The van der Waals surface area contributed by atoms with Crippen LogP contribution in [0.3, 0.4) is 0 Å². The highest BCUT2D eigenvalue weighted by molar-refractivity contribution is 7.84. The lowest BCUT2D eigenvalue weighted by molar-refractivity contribution is -0.139. The molecule has 0 aromatic carbocycles. The number of hydrogen-bond acceptors (Lipinski definition) is 4. The molecule has 8 heteroatoms. The second-order valence-corrected chi connectivity index (χ2v) is 5.70. The van der Waals surface area contributed by atoms with Crippen molar-refractivity contribution in [1.29, 1.82) is 0 Å². The summed E-state index contributed by atoms with van der Waals surface area (Å²) < 4.78 is 11.0. The van der Waals surface area contributed by atoms with Crippen LogP contribution in [-0.2, 0) is 15.6 Å². The molecule has 0 aliphatic rings. The molecule has 0 saturated heterocycles. The van der Waals surface area contributed by atoms with Gasteiger partial charge in [0, 0.05) is 41.9 Å². The summed E-state index contributed by atoms with van der Waals surface area (Å²) in [5.41, 5.74) is 0. The van der Waals surface area contributed by atoms with E-state index in [2.05, 4.69) is 10.6 Å². The third-order valence-electron chi connectivity index (χ3n) is 2.42. The number of hydrogen-bond donors (Lipinski definition) is 4. The van der Waals surface area contributed by atoms with Gasteiger partial charge >= 0.3 is 12.0 Å². The minimum absolute atomic E-state index is 0.0296. The molecule has 0 saturated carbocycles. The van der Waals surface area contributed by atoms with Crippen molar-refractivity contribution < 1.29 is 24.0 Å². The van der Waals surface area contributed by atoms with Gasteiger partial charge in [-0.1, -0.05) is 6.92 Å². The summed E-state index contributed by atoms with van der Waals surface area (Å²) in [6.45, 7) is 1.81. The van der Waals surface area contributed by atoms with Gasteiger partial charge in [-0.25, -0.2) is 9.59 Å². The average Bonchev–Trinajstić information content (AvgIpc) is 2.27. The van der Waals surface area contributed by atoms with E-state index < -0.39 is 28.8 Å². The van der Waals surface area contributed by atoms with E-state index in [1.807, 2.05) is 6.92 Å². The standard InChI is InChI=1S/C10H20N2O5S/c1-7(18(2)17)3-5-11-10(16)12-8(4-6-13)9(14)15/h7-8,13H,3-6H2,1-2H3,(H,14,15)(H2,11,12,16)/t7?,8-,18?/m0/s1. The maximum atomic E-state index is 11.3. The maximum Gasteiger partial charge on any atom is 0.326 e. The zero-order chi connectivity index (χ0) is 14.1. The molecule has 2 amide bonds. The Morgan fingerprint density at radius 3 is 2.39 bits per heavy atom. The molecular weight excluding hydrogens is 260 g/mol. The molecule has 0 spiro atoms. The monoisotopic (exact) mass is 280 g/mol. The lowest BCUT2D eigenvalue weighted by Crippen LogP contribution is -2.46.